The Labute approximate surface area is 109 Å². The van der Waals surface area contributed by atoms with Crippen LogP contribution >= 0.6 is 0 Å². The lowest BCUT2D eigenvalue weighted by Gasteiger charge is -2.11. The Morgan fingerprint density at radius 2 is 2.37 bits per heavy atom. The molecule has 7 nitrogen and oxygen atoms in total. The fraction of sp³-hybridized carbons (Fsp3) is 0.417. The molecule has 102 valence electrons. The summed E-state index contributed by atoms with van der Waals surface area (Å²) in [5.41, 5.74) is 0.136. The molecule has 0 unspecified atom stereocenters. The minimum Gasteiger partial charge on any atom is -0.478 e. The molecule has 7 heteroatoms. The number of nitro benzene ring substituents is 1. The summed E-state index contributed by atoms with van der Waals surface area (Å²) in [5, 5.41) is 22.7. The van der Waals surface area contributed by atoms with Gasteiger partial charge in [0.15, 0.2) is 0 Å². The first-order valence-electron chi connectivity index (χ1n) is 5.91. The molecule has 19 heavy (non-hydrogen) atoms. The number of hydrogen-bond acceptors (Lipinski definition) is 5. The van der Waals surface area contributed by atoms with Crippen LogP contribution in [0.5, 0.6) is 0 Å². The number of nitrogens with zero attached hydrogens (tertiary/aromatic N) is 1. The zero-order valence-corrected chi connectivity index (χ0v) is 10.2. The third-order valence-corrected chi connectivity index (χ3v) is 3.05. The second-order valence-corrected chi connectivity index (χ2v) is 4.40. The Balaban J connectivity index is 2.16. The molecule has 1 aromatic carbocycles. The van der Waals surface area contributed by atoms with Crippen molar-refractivity contribution in [2.75, 3.05) is 25.1 Å². The van der Waals surface area contributed by atoms with Gasteiger partial charge in [-0.25, -0.2) is 4.79 Å². The highest BCUT2D eigenvalue weighted by Crippen LogP contribution is 2.26. The fourth-order valence-corrected chi connectivity index (χ4v) is 1.97. The molecule has 1 aliphatic heterocycles. The molecule has 1 saturated heterocycles. The van der Waals surface area contributed by atoms with Crippen LogP contribution in [0.1, 0.15) is 16.8 Å². The molecule has 0 radical (unpaired) electrons. The Bertz CT molecular complexity index is 497. The van der Waals surface area contributed by atoms with Gasteiger partial charge in [0.25, 0.3) is 5.69 Å². The molecule has 1 fully saturated rings. The number of anilines is 1. The third kappa shape index (κ3) is 3.19. The van der Waals surface area contributed by atoms with Crippen molar-refractivity contribution in [3.63, 3.8) is 0 Å². The van der Waals surface area contributed by atoms with Crippen LogP contribution in [0.2, 0.25) is 0 Å². The van der Waals surface area contributed by atoms with Crippen LogP contribution < -0.4 is 5.32 Å². The van der Waals surface area contributed by atoms with Gasteiger partial charge < -0.3 is 15.2 Å². The molecule has 1 atom stereocenters. The first-order chi connectivity index (χ1) is 9.08. The van der Waals surface area contributed by atoms with Gasteiger partial charge in [0.2, 0.25) is 0 Å². The standard InChI is InChI=1S/C12H14N2O5/c15-12(16)9-1-2-11(14(17)18)10(5-9)13-6-8-3-4-19-7-8/h1-2,5,8,13H,3-4,6-7H2,(H,15,16)/t8-/m0/s1. The zero-order chi connectivity index (χ0) is 13.8. The Hall–Kier alpha value is -2.15. The molecule has 0 saturated carbocycles. The molecule has 0 aliphatic carbocycles. The minimum atomic E-state index is -1.11. The normalized spacial score (nSPS) is 18.2. The van der Waals surface area contributed by atoms with Gasteiger partial charge in [0.1, 0.15) is 5.69 Å². The Morgan fingerprint density at radius 1 is 1.58 bits per heavy atom. The van der Waals surface area contributed by atoms with Gasteiger partial charge in [-0.15, -0.1) is 0 Å². The van der Waals surface area contributed by atoms with Crippen molar-refractivity contribution in [2.45, 2.75) is 6.42 Å². The summed E-state index contributed by atoms with van der Waals surface area (Å²) in [7, 11) is 0. The van der Waals surface area contributed by atoms with Crippen molar-refractivity contribution in [1.29, 1.82) is 0 Å². The highest BCUT2D eigenvalue weighted by Gasteiger charge is 2.19. The number of carboxylic acid groups (broad SMARTS) is 1. The predicted molar refractivity (Wildman–Crippen MR) is 67.5 cm³/mol. The number of hydrogen-bond donors (Lipinski definition) is 2. The van der Waals surface area contributed by atoms with Gasteiger partial charge in [-0.05, 0) is 18.6 Å². The van der Waals surface area contributed by atoms with E-state index in [-0.39, 0.29) is 16.9 Å². The van der Waals surface area contributed by atoms with E-state index in [1.54, 1.807) is 0 Å². The van der Waals surface area contributed by atoms with E-state index in [4.69, 9.17) is 9.84 Å². The molecule has 1 heterocycles. The van der Waals surface area contributed by atoms with Gasteiger partial charge in [-0.3, -0.25) is 10.1 Å². The molecule has 2 N–H and O–H groups in total. The smallest absolute Gasteiger partial charge is 0.335 e. The Kier molecular flexibility index (Phi) is 3.96. The monoisotopic (exact) mass is 266 g/mol. The van der Waals surface area contributed by atoms with Crippen LogP contribution in [-0.2, 0) is 4.74 Å². The molecule has 0 aromatic heterocycles. The van der Waals surface area contributed by atoms with Crippen LogP contribution in [0, 0.1) is 16.0 Å². The molecule has 0 spiro atoms. The number of ether oxygens (including phenoxy) is 1. The number of rotatable bonds is 5. The van der Waals surface area contributed by atoms with E-state index in [1.807, 2.05) is 0 Å². The van der Waals surface area contributed by atoms with E-state index in [0.717, 1.165) is 6.42 Å². The van der Waals surface area contributed by atoms with Crippen molar-refractivity contribution in [3.8, 4) is 0 Å². The first-order valence-corrected chi connectivity index (χ1v) is 5.91. The lowest BCUT2D eigenvalue weighted by molar-refractivity contribution is -0.384. The van der Waals surface area contributed by atoms with E-state index in [2.05, 4.69) is 5.32 Å². The number of carboxylic acids is 1. The maximum atomic E-state index is 10.9. The fourth-order valence-electron chi connectivity index (χ4n) is 1.97. The number of nitro groups is 1. The summed E-state index contributed by atoms with van der Waals surface area (Å²) < 4.78 is 5.22. The number of aromatic carboxylic acids is 1. The number of nitrogens with one attached hydrogen (secondary N) is 1. The van der Waals surface area contributed by atoms with Crippen LogP contribution in [0.4, 0.5) is 11.4 Å². The van der Waals surface area contributed by atoms with E-state index >= 15 is 0 Å². The maximum Gasteiger partial charge on any atom is 0.335 e. The summed E-state index contributed by atoms with van der Waals surface area (Å²) in [5.74, 6) is -0.810. The SMILES string of the molecule is O=C(O)c1ccc([N+](=O)[O-])c(NC[C@@H]2CCOC2)c1. The van der Waals surface area contributed by atoms with Gasteiger partial charge in [0.05, 0.1) is 17.1 Å². The van der Waals surface area contributed by atoms with Gasteiger partial charge in [0, 0.05) is 25.1 Å². The molecular formula is C12H14N2O5. The van der Waals surface area contributed by atoms with E-state index in [1.165, 1.54) is 18.2 Å². The summed E-state index contributed by atoms with van der Waals surface area (Å²) in [6.07, 6.45) is 0.902. The summed E-state index contributed by atoms with van der Waals surface area (Å²) in [4.78, 5) is 21.2. The van der Waals surface area contributed by atoms with Crippen molar-refractivity contribution < 1.29 is 19.6 Å². The van der Waals surface area contributed by atoms with E-state index in [9.17, 15) is 14.9 Å². The van der Waals surface area contributed by atoms with Crippen LogP contribution in [0.25, 0.3) is 0 Å². The van der Waals surface area contributed by atoms with E-state index < -0.39 is 10.9 Å². The van der Waals surface area contributed by atoms with Crippen molar-refractivity contribution in [3.05, 3.63) is 33.9 Å². The zero-order valence-electron chi connectivity index (χ0n) is 10.2. The minimum absolute atomic E-state index is 0.0239. The van der Waals surface area contributed by atoms with Gasteiger partial charge in [-0.2, -0.15) is 0 Å². The number of carbonyl (C=O) groups is 1. The number of benzene rings is 1. The van der Waals surface area contributed by atoms with Crippen LogP contribution in [-0.4, -0.2) is 35.8 Å². The highest BCUT2D eigenvalue weighted by atomic mass is 16.6. The average molecular weight is 266 g/mol. The molecule has 0 bridgehead atoms. The molecule has 1 aliphatic rings. The summed E-state index contributed by atoms with van der Waals surface area (Å²) in [6, 6.07) is 3.72. The average Bonchev–Trinajstić information content (AvgIpc) is 2.88. The van der Waals surface area contributed by atoms with Gasteiger partial charge in [-0.1, -0.05) is 0 Å². The highest BCUT2D eigenvalue weighted by molar-refractivity contribution is 5.90. The third-order valence-electron chi connectivity index (χ3n) is 3.05. The van der Waals surface area contributed by atoms with Crippen molar-refractivity contribution >= 4 is 17.3 Å². The van der Waals surface area contributed by atoms with Crippen molar-refractivity contribution in [2.24, 2.45) is 5.92 Å². The summed E-state index contributed by atoms with van der Waals surface area (Å²) >= 11 is 0. The van der Waals surface area contributed by atoms with Gasteiger partial charge >= 0.3 is 5.97 Å². The largest absolute Gasteiger partial charge is 0.478 e. The molecular weight excluding hydrogens is 252 g/mol. The first kappa shape index (κ1) is 13.3. The quantitative estimate of drug-likeness (QED) is 0.621. The molecule has 1 aromatic rings. The van der Waals surface area contributed by atoms with Crippen LogP contribution in [0.3, 0.4) is 0 Å². The second-order valence-electron chi connectivity index (χ2n) is 4.40. The van der Waals surface area contributed by atoms with Crippen LogP contribution in [0.15, 0.2) is 18.2 Å². The summed E-state index contributed by atoms with van der Waals surface area (Å²) in [6.45, 7) is 1.85. The molecule has 0 amide bonds. The maximum absolute atomic E-state index is 10.9. The topological polar surface area (TPSA) is 102 Å². The Morgan fingerprint density at radius 3 is 2.95 bits per heavy atom. The van der Waals surface area contributed by atoms with E-state index in [0.29, 0.717) is 25.7 Å². The second kappa shape index (κ2) is 5.66. The lowest BCUT2D eigenvalue weighted by Crippen LogP contribution is -2.15. The molecule has 2 rings (SSSR count). The van der Waals surface area contributed by atoms with Crippen molar-refractivity contribution in [1.82, 2.24) is 0 Å². The lowest BCUT2D eigenvalue weighted by atomic mass is 10.1. The predicted octanol–water partition coefficient (Wildman–Crippen LogP) is 1.74.